The molecule has 0 fully saturated rings. The Bertz CT molecular complexity index is 1140. The predicted molar refractivity (Wildman–Crippen MR) is 105 cm³/mol. The number of nitrogens with zero attached hydrogens (tertiary/aromatic N) is 3. The van der Waals surface area contributed by atoms with E-state index in [2.05, 4.69) is 30.9 Å². The van der Waals surface area contributed by atoms with E-state index in [1.165, 1.54) is 6.20 Å². The lowest BCUT2D eigenvalue weighted by Crippen LogP contribution is -2.38. The van der Waals surface area contributed by atoms with E-state index in [1.54, 1.807) is 30.5 Å². The summed E-state index contributed by atoms with van der Waals surface area (Å²) in [5.74, 6) is 0.538. The number of benzene rings is 1. The van der Waals surface area contributed by atoms with E-state index < -0.39 is 11.5 Å². The highest BCUT2D eigenvalue weighted by atomic mass is 79.9. The maximum Gasteiger partial charge on any atom is 0.283 e. The van der Waals surface area contributed by atoms with Gasteiger partial charge in [0.15, 0.2) is 0 Å². The van der Waals surface area contributed by atoms with E-state index in [1.807, 2.05) is 12.1 Å². The second kappa shape index (κ2) is 6.27. The predicted octanol–water partition coefficient (Wildman–Crippen LogP) is 4.13. The number of ether oxygens (including phenoxy) is 2. The number of hydrogen-bond donors (Lipinski definition) is 1. The van der Waals surface area contributed by atoms with Crippen LogP contribution >= 0.6 is 15.9 Å². The zero-order chi connectivity index (χ0) is 19.3. The number of fused-ring (bicyclic) bond motifs is 4. The van der Waals surface area contributed by atoms with E-state index in [9.17, 15) is 4.39 Å². The van der Waals surface area contributed by atoms with Crippen molar-refractivity contribution < 1.29 is 13.9 Å². The second-order valence-corrected chi connectivity index (χ2v) is 7.49. The van der Waals surface area contributed by atoms with Gasteiger partial charge in [-0.25, -0.2) is 15.0 Å². The molecule has 2 aliphatic rings. The summed E-state index contributed by atoms with van der Waals surface area (Å²) in [6, 6.07) is 10.9. The van der Waals surface area contributed by atoms with Crippen LogP contribution in [0.4, 0.5) is 4.39 Å². The first-order chi connectivity index (χ1) is 13.6. The molecule has 6 nitrogen and oxygen atoms in total. The van der Waals surface area contributed by atoms with E-state index in [-0.39, 0.29) is 6.02 Å². The van der Waals surface area contributed by atoms with Gasteiger partial charge >= 0.3 is 0 Å². The lowest BCUT2D eigenvalue weighted by Gasteiger charge is -2.38. The van der Waals surface area contributed by atoms with E-state index >= 15 is 0 Å². The van der Waals surface area contributed by atoms with Crippen LogP contribution in [0.1, 0.15) is 17.5 Å². The van der Waals surface area contributed by atoms with Crippen LogP contribution in [0.3, 0.4) is 0 Å². The summed E-state index contributed by atoms with van der Waals surface area (Å²) in [4.78, 5) is 12.8. The van der Waals surface area contributed by atoms with Crippen molar-refractivity contribution in [3.05, 3.63) is 70.3 Å². The maximum absolute atomic E-state index is 14.3. The van der Waals surface area contributed by atoms with Crippen molar-refractivity contribution in [2.24, 2.45) is 10.7 Å². The third-order valence-electron chi connectivity index (χ3n) is 4.98. The van der Waals surface area contributed by atoms with Gasteiger partial charge in [-0.1, -0.05) is 6.07 Å². The first kappa shape index (κ1) is 17.1. The molecule has 140 valence electrons. The van der Waals surface area contributed by atoms with Crippen LogP contribution in [0.25, 0.3) is 11.1 Å². The Morgan fingerprint density at radius 2 is 2.04 bits per heavy atom. The van der Waals surface area contributed by atoms with Crippen LogP contribution in [0.5, 0.6) is 11.6 Å². The number of pyridine rings is 2. The van der Waals surface area contributed by atoms with Crippen LogP contribution in [0.2, 0.25) is 0 Å². The van der Waals surface area contributed by atoms with Crippen molar-refractivity contribution >= 4 is 22.0 Å². The van der Waals surface area contributed by atoms with Crippen molar-refractivity contribution in [3.63, 3.8) is 0 Å². The molecule has 0 saturated carbocycles. The summed E-state index contributed by atoms with van der Waals surface area (Å²) < 4.78 is 26.5. The van der Waals surface area contributed by atoms with Gasteiger partial charge in [-0.3, -0.25) is 0 Å². The zero-order valence-electron chi connectivity index (χ0n) is 14.5. The van der Waals surface area contributed by atoms with Gasteiger partial charge in [0.05, 0.1) is 6.61 Å². The lowest BCUT2D eigenvalue weighted by molar-refractivity contribution is 0.218. The van der Waals surface area contributed by atoms with E-state index in [0.29, 0.717) is 35.8 Å². The molecule has 8 heteroatoms. The van der Waals surface area contributed by atoms with Crippen LogP contribution in [0, 0.1) is 5.95 Å². The van der Waals surface area contributed by atoms with Crippen molar-refractivity contribution in [2.75, 3.05) is 6.61 Å². The van der Waals surface area contributed by atoms with Gasteiger partial charge in [-0.15, -0.1) is 0 Å². The molecule has 1 spiro atoms. The van der Waals surface area contributed by atoms with Gasteiger partial charge in [0.25, 0.3) is 6.02 Å². The minimum absolute atomic E-state index is 0.1000. The number of halogens is 2. The SMILES string of the molecule is NC1=N[C@]2(CCO1)c1cc(-c3cccnc3F)ccc1Oc1ncc(Br)cc12. The number of hydrogen-bond acceptors (Lipinski definition) is 6. The third kappa shape index (κ3) is 2.56. The van der Waals surface area contributed by atoms with Crippen molar-refractivity contribution in [2.45, 2.75) is 12.0 Å². The average Bonchev–Trinajstić information content (AvgIpc) is 2.69. The summed E-state index contributed by atoms with van der Waals surface area (Å²) in [7, 11) is 0. The molecule has 0 radical (unpaired) electrons. The summed E-state index contributed by atoms with van der Waals surface area (Å²) >= 11 is 3.47. The third-order valence-corrected chi connectivity index (χ3v) is 5.41. The molecular weight excluding hydrogens is 427 g/mol. The van der Waals surface area contributed by atoms with Gasteiger partial charge < -0.3 is 15.2 Å². The number of nitrogens with two attached hydrogens (primary N) is 1. The summed E-state index contributed by atoms with van der Waals surface area (Å²) in [6.45, 7) is 0.395. The van der Waals surface area contributed by atoms with E-state index in [4.69, 9.17) is 15.2 Å². The Morgan fingerprint density at radius 3 is 2.86 bits per heavy atom. The van der Waals surface area contributed by atoms with Crippen LogP contribution in [0.15, 0.2) is 58.3 Å². The normalized spacial score (nSPS) is 19.9. The summed E-state index contributed by atoms with van der Waals surface area (Å²) in [5.41, 5.74) is 7.78. The molecule has 0 bridgehead atoms. The fraction of sp³-hybridized carbons (Fsp3) is 0.150. The van der Waals surface area contributed by atoms with Gasteiger partial charge in [-0.2, -0.15) is 4.39 Å². The average molecular weight is 441 g/mol. The fourth-order valence-corrected chi connectivity index (χ4v) is 4.07. The molecule has 2 aliphatic heterocycles. The van der Waals surface area contributed by atoms with E-state index in [0.717, 1.165) is 15.6 Å². The Labute approximate surface area is 168 Å². The molecule has 2 N–H and O–H groups in total. The van der Waals surface area contributed by atoms with Gasteiger partial charge in [0, 0.05) is 40.0 Å². The van der Waals surface area contributed by atoms with Crippen molar-refractivity contribution in [1.82, 2.24) is 9.97 Å². The smallest absolute Gasteiger partial charge is 0.283 e. The monoisotopic (exact) mass is 440 g/mol. The highest BCUT2D eigenvalue weighted by molar-refractivity contribution is 9.10. The molecule has 3 aromatic rings. The fourth-order valence-electron chi connectivity index (χ4n) is 3.73. The van der Waals surface area contributed by atoms with Gasteiger partial charge in [0.2, 0.25) is 11.8 Å². The Morgan fingerprint density at radius 1 is 1.14 bits per heavy atom. The number of aromatic nitrogens is 2. The minimum atomic E-state index is -0.823. The topological polar surface area (TPSA) is 82.6 Å². The molecular formula is C20H14BrFN4O2. The Hall–Kier alpha value is -3.00. The summed E-state index contributed by atoms with van der Waals surface area (Å²) in [6.07, 6.45) is 3.64. The molecule has 0 saturated heterocycles. The molecule has 0 unspecified atom stereocenters. The maximum atomic E-state index is 14.3. The van der Waals surface area contributed by atoms with Gasteiger partial charge in [0.1, 0.15) is 11.3 Å². The molecule has 1 atom stereocenters. The lowest BCUT2D eigenvalue weighted by atomic mass is 9.78. The molecule has 2 aromatic heterocycles. The van der Waals surface area contributed by atoms with Crippen LogP contribution < -0.4 is 10.5 Å². The van der Waals surface area contributed by atoms with Crippen LogP contribution in [-0.4, -0.2) is 22.6 Å². The summed E-state index contributed by atoms with van der Waals surface area (Å²) in [5, 5.41) is 0. The molecule has 28 heavy (non-hydrogen) atoms. The molecule has 0 amide bonds. The van der Waals surface area contributed by atoms with Crippen molar-refractivity contribution in [3.8, 4) is 22.8 Å². The molecule has 0 aliphatic carbocycles. The molecule has 1 aromatic carbocycles. The standard InChI is InChI=1S/C20H14BrFN4O2/c21-12-9-15-18(25-10-12)28-16-4-3-11(13-2-1-6-24-17(13)22)8-14(16)20(15)5-7-27-19(23)26-20/h1-4,6,8-10H,5,7H2,(H2,23,26)/t20-/m1/s1. The zero-order valence-corrected chi connectivity index (χ0v) is 16.1. The highest BCUT2D eigenvalue weighted by Crippen LogP contribution is 2.52. The van der Waals surface area contributed by atoms with Crippen molar-refractivity contribution in [1.29, 1.82) is 0 Å². The number of amidine groups is 1. The highest BCUT2D eigenvalue weighted by Gasteiger charge is 2.45. The quantitative estimate of drug-likeness (QED) is 0.575. The molecule has 4 heterocycles. The number of aliphatic imine (C=N–C) groups is 1. The minimum Gasteiger partial charge on any atom is -0.465 e. The number of rotatable bonds is 1. The van der Waals surface area contributed by atoms with Crippen LogP contribution in [-0.2, 0) is 10.3 Å². The van der Waals surface area contributed by atoms with Gasteiger partial charge in [-0.05, 0) is 51.8 Å². The Balaban J connectivity index is 1.78. The first-order valence-electron chi connectivity index (χ1n) is 8.64. The largest absolute Gasteiger partial charge is 0.465 e. The second-order valence-electron chi connectivity index (χ2n) is 6.57. The first-order valence-corrected chi connectivity index (χ1v) is 9.43. The Kier molecular flexibility index (Phi) is 3.83. The molecule has 5 rings (SSSR count).